The molecule has 1 aromatic rings. The SMILES string of the molecule is Cc1nnc(SCCC2CCCC2(NC(C)C)C(=O)O)s1. The number of nitrogens with zero attached hydrogens (tertiary/aromatic N) is 2. The summed E-state index contributed by atoms with van der Waals surface area (Å²) in [4.78, 5) is 11.8. The lowest BCUT2D eigenvalue weighted by Gasteiger charge is -2.34. The molecule has 2 unspecified atom stereocenters. The summed E-state index contributed by atoms with van der Waals surface area (Å²) >= 11 is 3.28. The minimum atomic E-state index is -0.744. The predicted octanol–water partition coefficient (Wildman–Crippen LogP) is 2.95. The summed E-state index contributed by atoms with van der Waals surface area (Å²) in [5.41, 5.74) is -0.744. The zero-order valence-electron chi connectivity index (χ0n) is 12.8. The maximum Gasteiger partial charge on any atom is 0.324 e. The van der Waals surface area contributed by atoms with E-state index in [0.29, 0.717) is 0 Å². The Morgan fingerprint density at radius 1 is 1.57 bits per heavy atom. The van der Waals surface area contributed by atoms with Crippen LogP contribution in [0.4, 0.5) is 0 Å². The molecule has 0 bridgehead atoms. The molecule has 7 heteroatoms. The zero-order valence-corrected chi connectivity index (χ0v) is 14.4. The standard InChI is InChI=1S/C14H23N3O2S2/c1-9(2)15-14(12(18)19)7-4-5-11(14)6-8-20-13-17-16-10(3)21-13/h9,11,15H,4-8H2,1-3H3,(H,18,19). The fourth-order valence-corrected chi connectivity index (χ4v) is 5.08. The van der Waals surface area contributed by atoms with Gasteiger partial charge < -0.3 is 5.11 Å². The van der Waals surface area contributed by atoms with E-state index in [0.717, 1.165) is 40.8 Å². The van der Waals surface area contributed by atoms with Crippen molar-refractivity contribution in [1.82, 2.24) is 15.5 Å². The number of hydrogen-bond donors (Lipinski definition) is 2. The van der Waals surface area contributed by atoms with Gasteiger partial charge in [0.25, 0.3) is 0 Å². The van der Waals surface area contributed by atoms with E-state index in [4.69, 9.17) is 0 Å². The van der Waals surface area contributed by atoms with Crippen molar-refractivity contribution in [2.45, 2.75) is 62.4 Å². The first-order valence-corrected chi connectivity index (χ1v) is 9.18. The maximum absolute atomic E-state index is 11.8. The normalized spacial score (nSPS) is 25.6. The van der Waals surface area contributed by atoms with Crippen LogP contribution >= 0.6 is 23.1 Å². The summed E-state index contributed by atoms with van der Waals surface area (Å²) in [5, 5.41) is 22.1. The Kier molecular flexibility index (Phi) is 5.62. The number of hydrogen-bond acceptors (Lipinski definition) is 6. The van der Waals surface area contributed by atoms with Crippen molar-refractivity contribution in [2.75, 3.05) is 5.75 Å². The van der Waals surface area contributed by atoms with Gasteiger partial charge in [0.2, 0.25) is 0 Å². The number of carboxylic acid groups (broad SMARTS) is 1. The summed E-state index contributed by atoms with van der Waals surface area (Å²) in [7, 11) is 0. The van der Waals surface area contributed by atoms with Gasteiger partial charge in [-0.25, -0.2) is 0 Å². The first kappa shape index (κ1) is 16.7. The van der Waals surface area contributed by atoms with Crippen molar-refractivity contribution >= 4 is 29.1 Å². The Morgan fingerprint density at radius 3 is 2.90 bits per heavy atom. The molecule has 118 valence electrons. The second-order valence-corrected chi connectivity index (χ2v) is 8.41. The third-order valence-corrected chi connectivity index (χ3v) is 5.95. The third-order valence-electron chi connectivity index (χ3n) is 3.95. The molecule has 0 spiro atoms. The molecule has 0 radical (unpaired) electrons. The molecule has 0 aliphatic heterocycles. The second-order valence-electron chi connectivity index (χ2n) is 5.89. The molecule has 1 saturated carbocycles. The van der Waals surface area contributed by atoms with E-state index >= 15 is 0 Å². The van der Waals surface area contributed by atoms with Crippen LogP contribution in [0.2, 0.25) is 0 Å². The van der Waals surface area contributed by atoms with Gasteiger partial charge in [-0.05, 0) is 46.0 Å². The maximum atomic E-state index is 11.8. The fraction of sp³-hybridized carbons (Fsp3) is 0.786. The summed E-state index contributed by atoms with van der Waals surface area (Å²) in [6, 6.07) is 0.181. The van der Waals surface area contributed by atoms with Crippen LogP contribution in [0.15, 0.2) is 4.34 Å². The molecule has 2 N–H and O–H groups in total. The number of rotatable bonds is 7. The smallest absolute Gasteiger partial charge is 0.324 e. The highest BCUT2D eigenvalue weighted by Gasteiger charge is 2.48. The highest BCUT2D eigenvalue weighted by atomic mass is 32.2. The molecular formula is C14H23N3O2S2. The van der Waals surface area contributed by atoms with Crippen LogP contribution in [0.5, 0.6) is 0 Å². The van der Waals surface area contributed by atoms with E-state index in [-0.39, 0.29) is 12.0 Å². The summed E-state index contributed by atoms with van der Waals surface area (Å²) in [6.45, 7) is 5.97. The first-order chi connectivity index (χ1) is 9.94. The third kappa shape index (κ3) is 3.96. The Labute approximate surface area is 133 Å². The Bertz CT molecular complexity index is 492. The van der Waals surface area contributed by atoms with Gasteiger partial charge in [0.05, 0.1) is 0 Å². The molecule has 1 aliphatic carbocycles. The van der Waals surface area contributed by atoms with Crippen LogP contribution in [0.3, 0.4) is 0 Å². The van der Waals surface area contributed by atoms with E-state index in [9.17, 15) is 9.90 Å². The van der Waals surface area contributed by atoms with Gasteiger partial charge in [0, 0.05) is 11.8 Å². The molecule has 1 heterocycles. The topological polar surface area (TPSA) is 75.1 Å². The van der Waals surface area contributed by atoms with Crippen LogP contribution in [0.1, 0.15) is 44.5 Å². The minimum Gasteiger partial charge on any atom is -0.480 e. The van der Waals surface area contributed by atoms with Gasteiger partial charge in [-0.15, -0.1) is 10.2 Å². The summed E-state index contributed by atoms with van der Waals surface area (Å²) < 4.78 is 0.975. The first-order valence-electron chi connectivity index (χ1n) is 7.38. The lowest BCUT2D eigenvalue weighted by atomic mass is 9.84. The molecule has 2 rings (SSSR count). The highest BCUT2D eigenvalue weighted by Crippen LogP contribution is 2.40. The average Bonchev–Trinajstić information content (AvgIpc) is 2.97. The summed E-state index contributed by atoms with van der Waals surface area (Å²) in [6.07, 6.45) is 3.60. The molecule has 21 heavy (non-hydrogen) atoms. The van der Waals surface area contributed by atoms with Crippen LogP contribution in [0.25, 0.3) is 0 Å². The van der Waals surface area contributed by atoms with Crippen molar-refractivity contribution < 1.29 is 9.90 Å². The molecular weight excluding hydrogens is 306 g/mol. The average molecular weight is 329 g/mol. The van der Waals surface area contributed by atoms with Crippen molar-refractivity contribution in [3.8, 4) is 0 Å². The monoisotopic (exact) mass is 329 g/mol. The molecule has 2 atom stereocenters. The van der Waals surface area contributed by atoms with E-state index in [1.54, 1.807) is 23.1 Å². The number of aryl methyl sites for hydroxylation is 1. The quantitative estimate of drug-likeness (QED) is 0.749. The Morgan fingerprint density at radius 2 is 2.33 bits per heavy atom. The van der Waals surface area contributed by atoms with Gasteiger partial charge in [0.15, 0.2) is 4.34 Å². The van der Waals surface area contributed by atoms with Crippen molar-refractivity contribution in [1.29, 1.82) is 0 Å². The molecule has 5 nitrogen and oxygen atoms in total. The highest BCUT2D eigenvalue weighted by molar-refractivity contribution is 8.01. The molecule has 1 aliphatic rings. The van der Waals surface area contributed by atoms with E-state index in [2.05, 4.69) is 15.5 Å². The zero-order chi connectivity index (χ0) is 15.5. The van der Waals surface area contributed by atoms with Gasteiger partial charge >= 0.3 is 5.97 Å². The van der Waals surface area contributed by atoms with Crippen LogP contribution in [-0.4, -0.2) is 38.6 Å². The molecule has 0 aromatic carbocycles. The number of nitrogens with one attached hydrogen (secondary N) is 1. The minimum absolute atomic E-state index is 0.181. The molecule has 1 fully saturated rings. The van der Waals surface area contributed by atoms with Crippen LogP contribution in [-0.2, 0) is 4.79 Å². The van der Waals surface area contributed by atoms with Crippen LogP contribution in [0, 0.1) is 12.8 Å². The number of carboxylic acids is 1. The molecule has 1 aromatic heterocycles. The largest absolute Gasteiger partial charge is 0.480 e. The van der Waals surface area contributed by atoms with E-state index in [1.165, 1.54) is 0 Å². The summed E-state index contributed by atoms with van der Waals surface area (Å²) in [5.74, 6) is 0.392. The van der Waals surface area contributed by atoms with Gasteiger partial charge in [-0.1, -0.05) is 29.5 Å². The Hall–Kier alpha value is -0.660. The number of aliphatic carboxylic acids is 1. The number of thioether (sulfide) groups is 1. The van der Waals surface area contributed by atoms with E-state index in [1.807, 2.05) is 20.8 Å². The van der Waals surface area contributed by atoms with Crippen molar-refractivity contribution in [3.05, 3.63) is 5.01 Å². The van der Waals surface area contributed by atoms with Gasteiger partial charge in [0.1, 0.15) is 10.5 Å². The van der Waals surface area contributed by atoms with Gasteiger partial charge in [-0.2, -0.15) is 0 Å². The van der Waals surface area contributed by atoms with Crippen molar-refractivity contribution in [3.63, 3.8) is 0 Å². The lowest BCUT2D eigenvalue weighted by Crippen LogP contribution is -2.57. The van der Waals surface area contributed by atoms with Crippen molar-refractivity contribution in [2.24, 2.45) is 5.92 Å². The second kappa shape index (κ2) is 7.07. The van der Waals surface area contributed by atoms with Gasteiger partial charge in [-0.3, -0.25) is 10.1 Å². The fourth-order valence-electron chi connectivity index (χ4n) is 3.14. The molecule has 0 amide bonds. The lowest BCUT2D eigenvalue weighted by molar-refractivity contribution is -0.147. The number of aromatic nitrogens is 2. The predicted molar refractivity (Wildman–Crippen MR) is 86.0 cm³/mol. The molecule has 0 saturated heterocycles. The Balaban J connectivity index is 1.95. The van der Waals surface area contributed by atoms with E-state index < -0.39 is 11.5 Å². The number of carbonyl (C=O) groups is 1. The van der Waals surface area contributed by atoms with Crippen LogP contribution < -0.4 is 5.32 Å².